The molecule has 4 aromatic rings. The molecule has 2 N–H and O–H groups in total. The van der Waals surface area contributed by atoms with Gasteiger partial charge < -0.3 is 22.3 Å². The van der Waals surface area contributed by atoms with Crippen molar-refractivity contribution in [3.63, 3.8) is 0 Å². The largest absolute Gasteiger partial charge is 1.00 e. The topological polar surface area (TPSA) is 113 Å². The number of carbonyl (C=O) groups excluding carboxylic acids is 3. The fourth-order valence-electron chi connectivity index (χ4n) is 3.81. The number of amides is 2. The van der Waals surface area contributed by atoms with Crippen molar-refractivity contribution in [3.05, 3.63) is 121 Å². The number of benzene rings is 3. The zero-order valence-corrected chi connectivity index (χ0v) is 25.1. The zero-order valence-electron chi connectivity index (χ0n) is 21.9. The van der Waals surface area contributed by atoms with E-state index in [9.17, 15) is 22.8 Å². The highest BCUT2D eigenvalue weighted by atomic mass is 79.9. The Bertz CT molecular complexity index is 1580. The molecule has 11 heteroatoms. The van der Waals surface area contributed by atoms with E-state index in [0.29, 0.717) is 22.6 Å². The smallest absolute Gasteiger partial charge is 0.264 e. The molecule has 0 atom stereocenters. The molecule has 0 spiro atoms. The Morgan fingerprint density at radius 2 is 1.37 bits per heavy atom. The van der Waals surface area contributed by atoms with Crippen LogP contribution >= 0.6 is 11.8 Å². The third-order valence-electron chi connectivity index (χ3n) is 5.87. The van der Waals surface area contributed by atoms with Crippen molar-refractivity contribution in [3.8, 4) is 0 Å². The average molecular weight is 655 g/mol. The van der Waals surface area contributed by atoms with Crippen molar-refractivity contribution < 1.29 is 44.3 Å². The van der Waals surface area contributed by atoms with Gasteiger partial charge in [0.05, 0.1) is 10.5 Å². The number of aromatic nitrogens is 1. The fraction of sp³-hybridized carbons (Fsp3) is 0.133. The third-order valence-corrected chi connectivity index (χ3v) is 8.22. The first kappa shape index (κ1) is 31.7. The summed E-state index contributed by atoms with van der Waals surface area (Å²) < 4.78 is 29.4. The van der Waals surface area contributed by atoms with E-state index in [0.717, 1.165) is 31.1 Å². The van der Waals surface area contributed by atoms with E-state index in [4.69, 9.17) is 0 Å². The molecular weight excluding hydrogens is 626 g/mol. The van der Waals surface area contributed by atoms with Gasteiger partial charge in [0.1, 0.15) is 6.54 Å². The molecule has 8 nitrogen and oxygen atoms in total. The van der Waals surface area contributed by atoms with E-state index in [-0.39, 0.29) is 32.6 Å². The van der Waals surface area contributed by atoms with Gasteiger partial charge in [0.15, 0.2) is 17.5 Å². The predicted molar refractivity (Wildman–Crippen MR) is 153 cm³/mol. The molecule has 0 radical (unpaired) electrons. The second-order valence-corrected chi connectivity index (χ2v) is 11.6. The van der Waals surface area contributed by atoms with E-state index < -0.39 is 21.8 Å². The number of aryl methyl sites for hydroxylation is 1. The van der Waals surface area contributed by atoms with Crippen molar-refractivity contribution in [2.75, 3.05) is 5.32 Å². The molecule has 0 fully saturated rings. The number of anilines is 1. The second-order valence-electron chi connectivity index (χ2n) is 8.82. The van der Waals surface area contributed by atoms with Crippen LogP contribution in [0.25, 0.3) is 0 Å². The number of halogens is 1. The molecule has 1 aromatic heterocycles. The molecule has 212 valence electrons. The average Bonchev–Trinajstić information content (AvgIpc) is 2.96. The van der Waals surface area contributed by atoms with Crippen LogP contribution in [-0.2, 0) is 21.4 Å². The standard InChI is InChI=1S/C30H27N3O5S2.BrH/c34-28(15-7-10-22-33-20-8-2-9-21-33)39-27-14-6-5-13-26(27)30(36)31-24-16-18-25(19-17-24)40(37,38)32-29(35)23-11-3-1-4-12-23;/h1-6,8-9,11-14,16-21H,7,10,15,22H2,(H-,31,32,35,36);1H. The zero-order chi connectivity index (χ0) is 28.4. The first-order valence-corrected chi connectivity index (χ1v) is 14.9. The van der Waals surface area contributed by atoms with E-state index in [1.54, 1.807) is 42.5 Å². The van der Waals surface area contributed by atoms with Crippen LogP contribution in [0.4, 0.5) is 5.69 Å². The predicted octanol–water partition coefficient (Wildman–Crippen LogP) is 1.84. The number of rotatable bonds is 11. The molecule has 1 heterocycles. The number of hydrogen-bond donors (Lipinski definition) is 2. The summed E-state index contributed by atoms with van der Waals surface area (Å²) in [4.78, 5) is 38.3. The fourth-order valence-corrected chi connectivity index (χ4v) is 5.69. The van der Waals surface area contributed by atoms with Crippen molar-refractivity contribution in [2.24, 2.45) is 0 Å². The molecule has 0 aliphatic heterocycles. The number of nitrogens with one attached hydrogen (secondary N) is 2. The van der Waals surface area contributed by atoms with Gasteiger partial charge in [-0.25, -0.2) is 17.7 Å². The number of carbonyl (C=O) groups is 3. The highest BCUT2D eigenvalue weighted by molar-refractivity contribution is 8.13. The van der Waals surface area contributed by atoms with Crippen molar-refractivity contribution >= 4 is 44.4 Å². The highest BCUT2D eigenvalue weighted by Gasteiger charge is 2.19. The van der Waals surface area contributed by atoms with Crippen LogP contribution in [0.15, 0.2) is 119 Å². The van der Waals surface area contributed by atoms with E-state index in [2.05, 4.69) is 9.88 Å². The van der Waals surface area contributed by atoms with Gasteiger partial charge >= 0.3 is 0 Å². The van der Waals surface area contributed by atoms with E-state index in [1.165, 1.54) is 36.4 Å². The van der Waals surface area contributed by atoms with E-state index >= 15 is 0 Å². The SMILES string of the molecule is O=C(CCCC[n+]1ccccc1)Sc1ccccc1C(=O)Nc1ccc(S(=O)(=O)NC(=O)c2ccccc2)cc1.[Br-]. The summed E-state index contributed by atoms with van der Waals surface area (Å²) in [7, 11) is -4.11. The Morgan fingerprint density at radius 1 is 0.732 bits per heavy atom. The summed E-state index contributed by atoms with van der Waals surface area (Å²) in [6.07, 6.45) is 5.97. The van der Waals surface area contributed by atoms with Gasteiger partial charge in [-0.05, 0) is 55.0 Å². The molecule has 4 rings (SSSR count). The van der Waals surface area contributed by atoms with Gasteiger partial charge in [-0.15, -0.1) is 0 Å². The minimum atomic E-state index is -4.11. The van der Waals surface area contributed by atoms with Gasteiger partial charge in [-0.1, -0.05) is 48.2 Å². The number of hydrogen-bond acceptors (Lipinski definition) is 6. The number of unbranched alkanes of at least 4 members (excludes halogenated alkanes) is 1. The van der Waals surface area contributed by atoms with Crippen LogP contribution < -0.4 is 31.6 Å². The van der Waals surface area contributed by atoms with Crippen LogP contribution in [0.5, 0.6) is 0 Å². The molecule has 3 aromatic carbocycles. The van der Waals surface area contributed by atoms with Gasteiger partial charge in [-0.2, -0.15) is 0 Å². The molecule has 41 heavy (non-hydrogen) atoms. The highest BCUT2D eigenvalue weighted by Crippen LogP contribution is 2.26. The van der Waals surface area contributed by atoms with Gasteiger partial charge in [0, 0.05) is 41.1 Å². The van der Waals surface area contributed by atoms with Crippen molar-refractivity contribution in [1.29, 1.82) is 0 Å². The minimum absolute atomic E-state index is 0. The maximum Gasteiger partial charge on any atom is 0.264 e. The summed E-state index contributed by atoms with van der Waals surface area (Å²) in [5, 5.41) is 2.72. The van der Waals surface area contributed by atoms with Crippen LogP contribution in [0, 0.1) is 0 Å². The lowest BCUT2D eigenvalue weighted by molar-refractivity contribution is -0.697. The quantitative estimate of drug-likeness (QED) is 0.145. The first-order chi connectivity index (χ1) is 19.3. The van der Waals surface area contributed by atoms with Crippen LogP contribution in [0.3, 0.4) is 0 Å². The molecule has 0 aliphatic rings. The number of thioether (sulfide) groups is 1. The molecule has 0 aliphatic carbocycles. The maximum absolute atomic E-state index is 13.0. The summed E-state index contributed by atoms with van der Waals surface area (Å²) in [5.41, 5.74) is 0.923. The lowest BCUT2D eigenvalue weighted by Gasteiger charge is -2.11. The summed E-state index contributed by atoms with van der Waals surface area (Å²) in [5.74, 6) is -1.17. The van der Waals surface area contributed by atoms with Crippen LogP contribution in [-0.4, -0.2) is 25.3 Å². The van der Waals surface area contributed by atoms with Gasteiger partial charge in [0.2, 0.25) is 0 Å². The molecular formula is C30H28BrN3O5S2. The Balaban J connectivity index is 0.00000462. The Kier molecular flexibility index (Phi) is 11.8. The van der Waals surface area contributed by atoms with Crippen LogP contribution in [0.2, 0.25) is 0 Å². The number of sulfonamides is 1. The molecule has 0 saturated carbocycles. The molecule has 2 amide bonds. The summed E-state index contributed by atoms with van der Waals surface area (Å²) in [6, 6.07) is 26.2. The van der Waals surface area contributed by atoms with E-state index in [1.807, 2.05) is 35.3 Å². The number of pyridine rings is 1. The summed E-state index contributed by atoms with van der Waals surface area (Å²) in [6.45, 7) is 0.831. The van der Waals surface area contributed by atoms with Gasteiger partial charge in [0.25, 0.3) is 21.8 Å². The second kappa shape index (κ2) is 15.3. The molecule has 0 saturated heterocycles. The Morgan fingerprint density at radius 3 is 2.07 bits per heavy atom. The molecule has 0 bridgehead atoms. The Labute approximate surface area is 254 Å². The monoisotopic (exact) mass is 653 g/mol. The van der Waals surface area contributed by atoms with Crippen molar-refractivity contribution in [2.45, 2.75) is 35.6 Å². The number of nitrogens with zero attached hydrogens (tertiary/aromatic N) is 1. The first-order valence-electron chi connectivity index (χ1n) is 12.6. The van der Waals surface area contributed by atoms with Crippen molar-refractivity contribution in [1.82, 2.24) is 4.72 Å². The molecule has 0 unspecified atom stereocenters. The minimum Gasteiger partial charge on any atom is -1.00 e. The lowest BCUT2D eigenvalue weighted by Crippen LogP contribution is -3.00. The normalized spacial score (nSPS) is 10.7. The third kappa shape index (κ3) is 9.38. The van der Waals surface area contributed by atoms with Gasteiger partial charge in [-0.3, -0.25) is 14.4 Å². The maximum atomic E-state index is 13.0. The Hall–Kier alpha value is -3.80. The summed E-state index contributed by atoms with van der Waals surface area (Å²) >= 11 is 1.04. The lowest BCUT2D eigenvalue weighted by atomic mass is 10.2. The van der Waals surface area contributed by atoms with Crippen LogP contribution in [0.1, 0.15) is 40.0 Å².